The second kappa shape index (κ2) is 3.76. The lowest BCUT2D eigenvalue weighted by molar-refractivity contribution is 0.866. The van der Waals surface area contributed by atoms with Gasteiger partial charge in [-0.2, -0.15) is 0 Å². The average molecular weight is 148 g/mol. The molecule has 0 radical (unpaired) electrons. The number of nitrogens with zero attached hydrogens (tertiary/aromatic N) is 1. The van der Waals surface area contributed by atoms with Crippen molar-refractivity contribution in [3.05, 3.63) is 35.7 Å². The lowest BCUT2D eigenvalue weighted by Gasteiger charge is -2.10. The van der Waals surface area contributed by atoms with Crippen LogP contribution in [0.4, 0.5) is 0 Å². The highest BCUT2D eigenvalue weighted by atomic mass is 15.0. The third-order valence-electron chi connectivity index (χ3n) is 1.46. The Hall–Kier alpha value is -1.31. The van der Waals surface area contributed by atoms with Crippen LogP contribution in [0.25, 0.3) is 0 Å². The van der Waals surface area contributed by atoms with Crippen LogP contribution in [-0.4, -0.2) is 13.3 Å². The predicted molar refractivity (Wildman–Crippen MR) is 48.5 cm³/mol. The molecule has 2 nitrogen and oxygen atoms in total. The first-order valence-corrected chi connectivity index (χ1v) is 3.62. The van der Waals surface area contributed by atoms with Crippen LogP contribution in [0.2, 0.25) is 0 Å². The van der Waals surface area contributed by atoms with Gasteiger partial charge < -0.3 is 5.32 Å². The average Bonchev–Trinajstić information content (AvgIpc) is 2.06. The molecule has 11 heavy (non-hydrogen) atoms. The normalized spacial score (nSPS) is 17.2. The Bertz CT molecular complexity index is 230. The summed E-state index contributed by atoms with van der Waals surface area (Å²) in [6.45, 7) is 6.30. The first kappa shape index (κ1) is 7.79. The molecule has 58 valence electrons. The molecule has 0 aliphatic carbocycles. The van der Waals surface area contributed by atoms with Crippen LogP contribution in [0.1, 0.15) is 6.92 Å². The fraction of sp³-hybridized carbons (Fsp3) is 0.222. The van der Waals surface area contributed by atoms with Gasteiger partial charge in [-0.25, -0.2) is 4.99 Å². The third kappa shape index (κ3) is 1.80. The van der Waals surface area contributed by atoms with Gasteiger partial charge in [0.05, 0.1) is 0 Å². The third-order valence-corrected chi connectivity index (χ3v) is 1.46. The summed E-state index contributed by atoms with van der Waals surface area (Å²) in [7, 11) is 0. The van der Waals surface area contributed by atoms with Crippen molar-refractivity contribution in [2.45, 2.75) is 6.92 Å². The molecule has 0 unspecified atom stereocenters. The van der Waals surface area contributed by atoms with Crippen molar-refractivity contribution in [1.29, 1.82) is 0 Å². The van der Waals surface area contributed by atoms with Crippen LogP contribution in [0.3, 0.4) is 0 Å². The Morgan fingerprint density at radius 1 is 1.73 bits per heavy atom. The van der Waals surface area contributed by atoms with E-state index < -0.39 is 0 Å². The largest absolute Gasteiger partial charge is 0.366 e. The number of hydrogen-bond donors (Lipinski definition) is 1. The molecule has 0 saturated heterocycles. The second-order valence-electron chi connectivity index (χ2n) is 2.25. The molecular formula is C9H12N2. The van der Waals surface area contributed by atoms with Gasteiger partial charge in [-0.1, -0.05) is 24.3 Å². The summed E-state index contributed by atoms with van der Waals surface area (Å²) >= 11 is 0. The van der Waals surface area contributed by atoms with Crippen LogP contribution < -0.4 is 5.32 Å². The smallest absolute Gasteiger partial charge is 0.132 e. The van der Waals surface area contributed by atoms with Crippen molar-refractivity contribution in [2.24, 2.45) is 4.99 Å². The highest BCUT2D eigenvalue weighted by Crippen LogP contribution is 2.09. The van der Waals surface area contributed by atoms with Gasteiger partial charge in [-0.3, -0.25) is 0 Å². The van der Waals surface area contributed by atoms with Gasteiger partial charge in [-0.15, -0.1) is 0 Å². The van der Waals surface area contributed by atoms with Crippen LogP contribution in [0.15, 0.2) is 40.7 Å². The van der Waals surface area contributed by atoms with E-state index in [-0.39, 0.29) is 0 Å². The lowest BCUT2D eigenvalue weighted by Crippen LogP contribution is -2.16. The molecule has 0 saturated carbocycles. The molecule has 1 aliphatic rings. The lowest BCUT2D eigenvalue weighted by atomic mass is 10.2. The van der Waals surface area contributed by atoms with Gasteiger partial charge in [0.25, 0.3) is 0 Å². The van der Waals surface area contributed by atoms with Gasteiger partial charge in [0, 0.05) is 12.1 Å². The van der Waals surface area contributed by atoms with Crippen molar-refractivity contribution in [3.63, 3.8) is 0 Å². The standard InChI is InChI=1S/C9H12N2/c1-3-5-8-6-4-7-11-9(8)10-2/h3-6,11H,2,7H2,1H3/b5-3-. The van der Waals surface area contributed by atoms with Gasteiger partial charge in [0.2, 0.25) is 0 Å². The molecule has 0 bridgehead atoms. The molecule has 0 amide bonds. The number of rotatable bonds is 2. The van der Waals surface area contributed by atoms with E-state index in [1.807, 2.05) is 25.2 Å². The van der Waals surface area contributed by atoms with Gasteiger partial charge in [0.15, 0.2) is 0 Å². The summed E-state index contributed by atoms with van der Waals surface area (Å²) in [5, 5.41) is 3.12. The number of allylic oxidation sites excluding steroid dienone is 4. The summed E-state index contributed by atoms with van der Waals surface area (Å²) in [6, 6.07) is 0. The Kier molecular flexibility index (Phi) is 2.66. The highest BCUT2D eigenvalue weighted by Gasteiger charge is 2.00. The summed E-state index contributed by atoms with van der Waals surface area (Å²) < 4.78 is 0. The van der Waals surface area contributed by atoms with Crippen LogP contribution in [0.5, 0.6) is 0 Å². The Morgan fingerprint density at radius 3 is 3.18 bits per heavy atom. The molecular weight excluding hydrogens is 136 g/mol. The van der Waals surface area contributed by atoms with E-state index in [0.29, 0.717) is 0 Å². The minimum absolute atomic E-state index is 0.843. The number of nitrogens with one attached hydrogen (secondary N) is 1. The SMILES string of the molecule is C=NC1=C(/C=C\C)C=CCN1. The summed E-state index contributed by atoms with van der Waals surface area (Å²) in [5.41, 5.74) is 1.09. The maximum Gasteiger partial charge on any atom is 0.132 e. The summed E-state index contributed by atoms with van der Waals surface area (Å²) in [4.78, 5) is 3.86. The number of hydrogen-bond acceptors (Lipinski definition) is 2. The molecule has 1 heterocycles. The molecule has 0 atom stereocenters. The van der Waals surface area contributed by atoms with E-state index in [0.717, 1.165) is 17.9 Å². The Morgan fingerprint density at radius 2 is 2.55 bits per heavy atom. The van der Waals surface area contributed by atoms with E-state index >= 15 is 0 Å². The van der Waals surface area contributed by atoms with E-state index in [4.69, 9.17) is 0 Å². The van der Waals surface area contributed by atoms with Gasteiger partial charge in [-0.05, 0) is 13.6 Å². The predicted octanol–water partition coefficient (Wildman–Crippen LogP) is 1.63. The van der Waals surface area contributed by atoms with E-state index in [1.54, 1.807) is 0 Å². The fourth-order valence-electron chi connectivity index (χ4n) is 0.984. The highest BCUT2D eigenvalue weighted by molar-refractivity contribution is 5.41. The topological polar surface area (TPSA) is 24.4 Å². The summed E-state index contributed by atoms with van der Waals surface area (Å²) in [6.07, 6.45) is 8.09. The molecule has 0 spiro atoms. The maximum atomic E-state index is 3.86. The first-order valence-electron chi connectivity index (χ1n) is 3.62. The monoisotopic (exact) mass is 148 g/mol. The molecule has 0 aromatic heterocycles. The molecule has 0 aromatic carbocycles. The van der Waals surface area contributed by atoms with Gasteiger partial charge >= 0.3 is 0 Å². The molecule has 0 aromatic rings. The van der Waals surface area contributed by atoms with Crippen LogP contribution in [-0.2, 0) is 0 Å². The van der Waals surface area contributed by atoms with Crippen molar-refractivity contribution in [3.8, 4) is 0 Å². The maximum absolute atomic E-state index is 3.86. The van der Waals surface area contributed by atoms with E-state index in [2.05, 4.69) is 23.1 Å². The minimum atomic E-state index is 0.843. The molecule has 2 heteroatoms. The first-order chi connectivity index (χ1) is 5.38. The molecule has 1 rings (SSSR count). The molecule has 1 N–H and O–H groups in total. The second-order valence-corrected chi connectivity index (χ2v) is 2.25. The zero-order valence-corrected chi connectivity index (χ0v) is 6.67. The number of aliphatic imine (C=N–C) groups is 1. The van der Waals surface area contributed by atoms with Gasteiger partial charge in [0.1, 0.15) is 5.82 Å². The number of dihydropyridines is 1. The molecule has 0 fully saturated rings. The van der Waals surface area contributed by atoms with E-state index in [9.17, 15) is 0 Å². The minimum Gasteiger partial charge on any atom is -0.366 e. The Labute approximate surface area is 67.0 Å². The Balaban J connectivity index is 2.91. The van der Waals surface area contributed by atoms with Crippen LogP contribution >= 0.6 is 0 Å². The molecule has 1 aliphatic heterocycles. The van der Waals surface area contributed by atoms with E-state index in [1.165, 1.54) is 0 Å². The quantitative estimate of drug-likeness (QED) is 0.591. The van der Waals surface area contributed by atoms with Crippen molar-refractivity contribution >= 4 is 6.72 Å². The van der Waals surface area contributed by atoms with Crippen molar-refractivity contribution < 1.29 is 0 Å². The fourth-order valence-corrected chi connectivity index (χ4v) is 0.984. The van der Waals surface area contributed by atoms with Crippen LogP contribution in [0, 0.1) is 0 Å². The summed E-state index contributed by atoms with van der Waals surface area (Å²) in [5.74, 6) is 0.866. The zero-order valence-electron chi connectivity index (χ0n) is 6.67. The van der Waals surface area contributed by atoms with Crippen molar-refractivity contribution in [2.75, 3.05) is 6.54 Å². The zero-order chi connectivity index (χ0) is 8.10. The van der Waals surface area contributed by atoms with Crippen molar-refractivity contribution in [1.82, 2.24) is 5.32 Å².